The van der Waals surface area contributed by atoms with Crippen molar-refractivity contribution in [3.05, 3.63) is 0 Å². The Kier molecular flexibility index (Phi) is 1.61. The van der Waals surface area contributed by atoms with E-state index in [1.807, 2.05) is 0 Å². The van der Waals surface area contributed by atoms with Gasteiger partial charge in [0.05, 0.1) is 12.0 Å². The van der Waals surface area contributed by atoms with Crippen LogP contribution in [-0.4, -0.2) is 24.5 Å². The Hall–Kier alpha value is -0.550. The molecule has 3 atom stereocenters. The molecule has 1 saturated carbocycles. The summed E-state index contributed by atoms with van der Waals surface area (Å²) in [6.07, 6.45) is 3.65. The zero-order chi connectivity index (χ0) is 7.84. The van der Waals surface area contributed by atoms with Gasteiger partial charge in [-0.25, -0.2) is 0 Å². The van der Waals surface area contributed by atoms with Crippen LogP contribution in [0.4, 0.5) is 0 Å². The van der Waals surface area contributed by atoms with E-state index < -0.39 is 0 Å². The van der Waals surface area contributed by atoms with Crippen LogP contribution in [0.15, 0.2) is 0 Å². The second kappa shape index (κ2) is 2.49. The average molecular weight is 150 g/mol. The highest BCUT2D eigenvalue weighted by atomic mass is 15.2. The minimum absolute atomic E-state index is 0.358. The van der Waals surface area contributed by atoms with Crippen molar-refractivity contribution >= 4 is 0 Å². The van der Waals surface area contributed by atoms with Crippen molar-refractivity contribution in [1.82, 2.24) is 4.90 Å². The number of nitriles is 1. The molecule has 60 valence electrons. The highest BCUT2D eigenvalue weighted by molar-refractivity contribution is 4.99. The van der Waals surface area contributed by atoms with Gasteiger partial charge < -0.3 is 4.90 Å². The maximum atomic E-state index is 8.83. The van der Waals surface area contributed by atoms with Gasteiger partial charge in [-0.3, -0.25) is 0 Å². The smallest absolute Gasteiger partial charge is 0.0659 e. The first-order valence-electron chi connectivity index (χ1n) is 4.41. The van der Waals surface area contributed by atoms with Gasteiger partial charge in [-0.05, 0) is 32.2 Å². The summed E-state index contributed by atoms with van der Waals surface area (Å²) < 4.78 is 0. The van der Waals surface area contributed by atoms with E-state index in [0.29, 0.717) is 11.8 Å². The number of nitrogens with zero attached hydrogens (tertiary/aromatic N) is 2. The van der Waals surface area contributed by atoms with Crippen molar-refractivity contribution in [2.45, 2.75) is 25.3 Å². The normalized spacial score (nSPS) is 43.8. The van der Waals surface area contributed by atoms with Gasteiger partial charge >= 0.3 is 0 Å². The molecule has 0 radical (unpaired) electrons. The highest BCUT2D eigenvalue weighted by Gasteiger charge is 2.38. The largest absolute Gasteiger partial charge is 0.303 e. The third-order valence-corrected chi connectivity index (χ3v) is 3.27. The minimum Gasteiger partial charge on any atom is -0.303 e. The van der Waals surface area contributed by atoms with E-state index in [4.69, 9.17) is 5.26 Å². The predicted molar refractivity (Wildman–Crippen MR) is 42.9 cm³/mol. The lowest BCUT2D eigenvalue weighted by Crippen LogP contribution is -2.24. The van der Waals surface area contributed by atoms with Crippen molar-refractivity contribution in [1.29, 1.82) is 5.26 Å². The third-order valence-electron chi connectivity index (χ3n) is 3.27. The lowest BCUT2D eigenvalue weighted by molar-refractivity contribution is 0.285. The van der Waals surface area contributed by atoms with Gasteiger partial charge in [-0.2, -0.15) is 5.26 Å². The van der Waals surface area contributed by atoms with Crippen LogP contribution in [0, 0.1) is 23.2 Å². The molecule has 0 aromatic rings. The summed E-state index contributed by atoms with van der Waals surface area (Å²) in [5.41, 5.74) is 0. The van der Waals surface area contributed by atoms with Crippen molar-refractivity contribution in [2.75, 3.05) is 13.6 Å². The fourth-order valence-electron chi connectivity index (χ4n) is 2.53. The van der Waals surface area contributed by atoms with E-state index in [2.05, 4.69) is 18.0 Å². The Balaban J connectivity index is 2.10. The summed E-state index contributed by atoms with van der Waals surface area (Å²) in [5, 5.41) is 8.83. The van der Waals surface area contributed by atoms with Gasteiger partial charge in [-0.1, -0.05) is 0 Å². The van der Waals surface area contributed by atoms with Crippen LogP contribution in [0.2, 0.25) is 0 Å². The van der Waals surface area contributed by atoms with Gasteiger partial charge in [-0.15, -0.1) is 0 Å². The lowest BCUT2D eigenvalue weighted by Gasteiger charge is -2.23. The summed E-state index contributed by atoms with van der Waals surface area (Å²) in [7, 11) is 2.18. The van der Waals surface area contributed by atoms with Gasteiger partial charge in [0, 0.05) is 12.6 Å². The van der Waals surface area contributed by atoms with Crippen molar-refractivity contribution in [3.63, 3.8) is 0 Å². The molecule has 0 spiro atoms. The molecule has 2 bridgehead atoms. The number of hydrogen-bond acceptors (Lipinski definition) is 2. The molecule has 0 aromatic heterocycles. The second-order valence-corrected chi connectivity index (χ2v) is 3.90. The number of likely N-dealkylation sites (tertiary alicyclic amines) is 1. The molecule has 1 aliphatic heterocycles. The first-order valence-corrected chi connectivity index (χ1v) is 4.41. The van der Waals surface area contributed by atoms with E-state index in [-0.39, 0.29) is 0 Å². The summed E-state index contributed by atoms with van der Waals surface area (Å²) in [6, 6.07) is 3.22. The number of hydrogen-bond donors (Lipinski definition) is 0. The molecule has 2 aliphatic rings. The molecule has 1 heterocycles. The molecule has 0 N–H and O–H groups in total. The number of rotatable bonds is 0. The SMILES string of the molecule is CN1C[C@@H]2C[C@H]1CC[C@@H]2C#N. The van der Waals surface area contributed by atoms with Crippen LogP contribution in [0.25, 0.3) is 0 Å². The monoisotopic (exact) mass is 150 g/mol. The van der Waals surface area contributed by atoms with E-state index in [9.17, 15) is 0 Å². The van der Waals surface area contributed by atoms with Crippen LogP contribution in [0.5, 0.6) is 0 Å². The quantitative estimate of drug-likeness (QED) is 0.519. The van der Waals surface area contributed by atoms with E-state index >= 15 is 0 Å². The second-order valence-electron chi connectivity index (χ2n) is 3.90. The summed E-state index contributed by atoms with van der Waals surface area (Å²) in [4.78, 5) is 2.42. The van der Waals surface area contributed by atoms with Crippen LogP contribution >= 0.6 is 0 Å². The highest BCUT2D eigenvalue weighted by Crippen LogP contribution is 2.37. The zero-order valence-corrected chi connectivity index (χ0v) is 6.95. The first-order chi connectivity index (χ1) is 5.31. The standard InChI is InChI=1S/C9H14N2/c1-11-6-8-4-9(11)3-2-7(8)5-10/h7-9H,2-4,6H2,1H3/t7-,8+,9-/m1/s1. The molecular weight excluding hydrogens is 136 g/mol. The van der Waals surface area contributed by atoms with E-state index in [0.717, 1.165) is 19.0 Å². The topological polar surface area (TPSA) is 27.0 Å². The van der Waals surface area contributed by atoms with Crippen LogP contribution in [0.3, 0.4) is 0 Å². The Morgan fingerprint density at radius 1 is 1.45 bits per heavy atom. The van der Waals surface area contributed by atoms with Gasteiger partial charge in [0.2, 0.25) is 0 Å². The van der Waals surface area contributed by atoms with Crippen LogP contribution in [0.1, 0.15) is 19.3 Å². The Labute approximate surface area is 67.8 Å². The van der Waals surface area contributed by atoms with Crippen LogP contribution < -0.4 is 0 Å². The molecule has 2 fully saturated rings. The fraction of sp³-hybridized carbons (Fsp3) is 0.889. The Morgan fingerprint density at radius 2 is 2.27 bits per heavy atom. The molecule has 1 aliphatic carbocycles. The molecule has 2 nitrogen and oxygen atoms in total. The summed E-state index contributed by atoms with van der Waals surface area (Å²) in [6.45, 7) is 1.16. The molecule has 0 aromatic carbocycles. The minimum atomic E-state index is 0.358. The van der Waals surface area contributed by atoms with E-state index in [1.165, 1.54) is 12.8 Å². The molecular formula is C9H14N2. The average Bonchev–Trinajstić information content (AvgIpc) is 2.30. The predicted octanol–water partition coefficient (Wildman–Crippen LogP) is 1.24. The molecule has 11 heavy (non-hydrogen) atoms. The van der Waals surface area contributed by atoms with Crippen molar-refractivity contribution < 1.29 is 0 Å². The third kappa shape index (κ3) is 1.04. The summed E-state index contributed by atoms with van der Waals surface area (Å²) in [5.74, 6) is 1.04. The number of fused-ring (bicyclic) bond motifs is 2. The van der Waals surface area contributed by atoms with Gasteiger partial charge in [0.1, 0.15) is 0 Å². The Morgan fingerprint density at radius 3 is 3.00 bits per heavy atom. The van der Waals surface area contributed by atoms with Gasteiger partial charge in [0.15, 0.2) is 0 Å². The zero-order valence-electron chi connectivity index (χ0n) is 6.95. The van der Waals surface area contributed by atoms with Crippen molar-refractivity contribution in [2.24, 2.45) is 11.8 Å². The van der Waals surface area contributed by atoms with Crippen molar-refractivity contribution in [3.8, 4) is 6.07 Å². The van der Waals surface area contributed by atoms with Gasteiger partial charge in [0.25, 0.3) is 0 Å². The lowest BCUT2D eigenvalue weighted by atomic mass is 9.81. The molecule has 2 rings (SSSR count). The molecule has 1 saturated heterocycles. The molecule has 2 heteroatoms. The maximum Gasteiger partial charge on any atom is 0.0659 e. The first kappa shape index (κ1) is 7.12. The molecule has 0 amide bonds. The maximum absolute atomic E-state index is 8.83. The van der Waals surface area contributed by atoms with E-state index in [1.54, 1.807) is 0 Å². The molecule has 0 unspecified atom stereocenters. The van der Waals surface area contributed by atoms with Crippen LogP contribution in [-0.2, 0) is 0 Å². The fourth-order valence-corrected chi connectivity index (χ4v) is 2.53. The summed E-state index contributed by atoms with van der Waals surface area (Å²) >= 11 is 0. The Bertz CT molecular complexity index is 192.